The Bertz CT molecular complexity index is 951. The number of hydrogen-bond acceptors (Lipinski definition) is 5. The van der Waals surface area contributed by atoms with Crippen LogP contribution < -0.4 is 4.90 Å². The lowest BCUT2D eigenvalue weighted by molar-refractivity contribution is -0.394. The summed E-state index contributed by atoms with van der Waals surface area (Å²) < 4.78 is 42.1. The first-order valence-electron chi connectivity index (χ1n) is 7.34. The predicted molar refractivity (Wildman–Crippen MR) is 109 cm³/mol. The van der Waals surface area contributed by atoms with Crippen molar-refractivity contribution >= 4 is 72.9 Å². The van der Waals surface area contributed by atoms with Crippen molar-refractivity contribution in [2.75, 3.05) is 11.4 Å². The lowest BCUT2D eigenvalue weighted by Crippen LogP contribution is -2.23. The van der Waals surface area contributed by atoms with E-state index in [0.717, 1.165) is 4.90 Å². The fourth-order valence-electron chi connectivity index (χ4n) is 2.57. The third kappa shape index (κ3) is 4.49. The highest BCUT2D eigenvalue weighted by Gasteiger charge is 2.42. The summed E-state index contributed by atoms with van der Waals surface area (Å²) in [6.45, 7) is 1.35. The van der Waals surface area contributed by atoms with E-state index in [1.807, 2.05) is 22.6 Å². The van der Waals surface area contributed by atoms with E-state index in [4.69, 9.17) is 11.6 Å². The third-order valence-electron chi connectivity index (χ3n) is 3.63. The summed E-state index contributed by atoms with van der Waals surface area (Å²) in [4.78, 5) is 21.3. The summed E-state index contributed by atoms with van der Waals surface area (Å²) in [6.07, 6.45) is -5.08. The Kier molecular flexibility index (Phi) is 6.76. The standard InChI is InChI=1S/C15H9BrClF3IN3O4/c1-2-22(14-10(16)3-7(21)4-11(14)17)13-9(15(18,19)20)5-8(23(25)26)6-12(13)24(27)28/h3-6H,2H2,1H3. The quantitative estimate of drug-likeness (QED) is 0.218. The molecule has 7 nitrogen and oxygen atoms in total. The molecule has 0 atom stereocenters. The summed E-state index contributed by atoms with van der Waals surface area (Å²) in [5.41, 5.74) is -4.34. The minimum Gasteiger partial charge on any atom is -0.334 e. The maximum atomic E-state index is 13.7. The number of rotatable bonds is 5. The highest BCUT2D eigenvalue weighted by molar-refractivity contribution is 14.1. The van der Waals surface area contributed by atoms with E-state index < -0.39 is 38.6 Å². The van der Waals surface area contributed by atoms with Crippen LogP contribution in [0.4, 0.5) is 35.9 Å². The molecule has 0 heterocycles. The van der Waals surface area contributed by atoms with Gasteiger partial charge in [-0.1, -0.05) is 11.6 Å². The number of nitro benzene ring substituents is 2. The first-order valence-corrected chi connectivity index (χ1v) is 9.59. The number of nitrogens with zero attached hydrogens (tertiary/aromatic N) is 3. The van der Waals surface area contributed by atoms with Gasteiger partial charge in [-0.15, -0.1) is 0 Å². The van der Waals surface area contributed by atoms with Crippen molar-refractivity contribution in [2.45, 2.75) is 13.1 Å². The molecular formula is C15H9BrClF3IN3O4. The van der Waals surface area contributed by atoms with Gasteiger partial charge in [-0.2, -0.15) is 13.2 Å². The highest BCUT2D eigenvalue weighted by Crippen LogP contribution is 2.49. The molecule has 0 aromatic heterocycles. The Morgan fingerprint density at radius 2 is 1.75 bits per heavy atom. The van der Waals surface area contributed by atoms with Gasteiger partial charge in [0, 0.05) is 20.7 Å². The molecule has 0 aliphatic rings. The van der Waals surface area contributed by atoms with E-state index in [9.17, 15) is 33.4 Å². The molecule has 0 saturated carbocycles. The number of nitro groups is 2. The molecule has 2 aromatic rings. The molecule has 0 unspecified atom stereocenters. The molecule has 0 aliphatic carbocycles. The Hall–Kier alpha value is -1.67. The van der Waals surface area contributed by atoms with Crippen LogP contribution in [-0.4, -0.2) is 16.4 Å². The lowest BCUT2D eigenvalue weighted by Gasteiger charge is -2.28. The molecule has 0 bridgehead atoms. The molecule has 0 spiro atoms. The van der Waals surface area contributed by atoms with Crippen LogP contribution in [0.1, 0.15) is 12.5 Å². The molecule has 28 heavy (non-hydrogen) atoms. The molecule has 0 aliphatic heterocycles. The van der Waals surface area contributed by atoms with E-state index in [-0.39, 0.29) is 23.3 Å². The highest BCUT2D eigenvalue weighted by atomic mass is 127. The van der Waals surface area contributed by atoms with Gasteiger partial charge in [0.05, 0.1) is 32.2 Å². The molecule has 2 rings (SSSR count). The van der Waals surface area contributed by atoms with Gasteiger partial charge in [0.2, 0.25) is 0 Å². The Morgan fingerprint density at radius 3 is 2.18 bits per heavy atom. The zero-order chi connectivity index (χ0) is 21.4. The van der Waals surface area contributed by atoms with E-state index in [1.54, 1.807) is 6.07 Å². The van der Waals surface area contributed by atoms with Crippen LogP contribution in [-0.2, 0) is 6.18 Å². The van der Waals surface area contributed by atoms with Gasteiger partial charge in [0.25, 0.3) is 11.4 Å². The summed E-state index contributed by atoms with van der Waals surface area (Å²) in [5.74, 6) is 0. The molecule has 0 amide bonds. The van der Waals surface area contributed by atoms with Crippen molar-refractivity contribution in [3.05, 3.63) is 63.1 Å². The lowest BCUT2D eigenvalue weighted by atomic mass is 10.1. The molecule has 0 N–H and O–H groups in total. The molecule has 0 fully saturated rings. The van der Waals surface area contributed by atoms with Crippen LogP contribution in [0.3, 0.4) is 0 Å². The van der Waals surface area contributed by atoms with Crippen LogP contribution in [0.2, 0.25) is 5.02 Å². The van der Waals surface area contributed by atoms with Crippen LogP contribution in [0.25, 0.3) is 0 Å². The second-order valence-electron chi connectivity index (χ2n) is 5.34. The monoisotopic (exact) mass is 593 g/mol. The second-order valence-corrected chi connectivity index (χ2v) is 7.84. The van der Waals surface area contributed by atoms with E-state index in [2.05, 4.69) is 15.9 Å². The van der Waals surface area contributed by atoms with Gasteiger partial charge < -0.3 is 4.90 Å². The fraction of sp³-hybridized carbons (Fsp3) is 0.200. The topological polar surface area (TPSA) is 89.5 Å². The average molecular weight is 595 g/mol. The third-order valence-corrected chi connectivity index (χ3v) is 5.14. The fourth-order valence-corrected chi connectivity index (χ4v) is 4.91. The number of anilines is 2. The molecular weight excluding hydrogens is 585 g/mol. The summed E-state index contributed by atoms with van der Waals surface area (Å²) in [6, 6.07) is 3.84. The molecule has 150 valence electrons. The zero-order valence-corrected chi connectivity index (χ0v) is 18.3. The van der Waals surface area contributed by atoms with E-state index in [0.29, 0.717) is 14.1 Å². The Labute approximate surface area is 183 Å². The summed E-state index contributed by atoms with van der Waals surface area (Å²) >= 11 is 11.4. The smallest absolute Gasteiger partial charge is 0.334 e. The molecule has 13 heteroatoms. The predicted octanol–water partition coefficient (Wildman–Crippen LogP) is 6.70. The largest absolute Gasteiger partial charge is 0.418 e. The van der Waals surface area contributed by atoms with Crippen LogP contribution in [0.15, 0.2) is 28.7 Å². The van der Waals surface area contributed by atoms with Crippen LogP contribution in [0.5, 0.6) is 0 Å². The minimum atomic E-state index is -5.08. The second kappa shape index (κ2) is 8.37. The van der Waals surface area contributed by atoms with Crippen LogP contribution >= 0.6 is 50.1 Å². The van der Waals surface area contributed by atoms with Crippen molar-refractivity contribution in [3.8, 4) is 0 Å². The molecule has 2 aromatic carbocycles. The van der Waals surface area contributed by atoms with E-state index in [1.165, 1.54) is 13.0 Å². The Morgan fingerprint density at radius 1 is 1.14 bits per heavy atom. The van der Waals surface area contributed by atoms with Gasteiger partial charge in [0.1, 0.15) is 5.69 Å². The summed E-state index contributed by atoms with van der Waals surface area (Å²) in [7, 11) is 0. The number of benzene rings is 2. The number of non-ortho nitro benzene ring substituents is 1. The van der Waals surface area contributed by atoms with Crippen molar-refractivity contribution in [3.63, 3.8) is 0 Å². The average Bonchev–Trinajstić information content (AvgIpc) is 2.55. The maximum absolute atomic E-state index is 13.7. The summed E-state index contributed by atoms with van der Waals surface area (Å²) in [5, 5.41) is 22.5. The van der Waals surface area contributed by atoms with Gasteiger partial charge in [-0.05, 0) is 57.6 Å². The van der Waals surface area contributed by atoms with Gasteiger partial charge in [-0.3, -0.25) is 20.2 Å². The van der Waals surface area contributed by atoms with Crippen LogP contribution in [0, 0.1) is 23.8 Å². The minimum absolute atomic E-state index is 0.0569. The van der Waals surface area contributed by atoms with Crippen molar-refractivity contribution < 1.29 is 23.0 Å². The van der Waals surface area contributed by atoms with Crippen molar-refractivity contribution in [1.82, 2.24) is 0 Å². The normalized spacial score (nSPS) is 11.4. The Balaban J connectivity index is 2.96. The number of alkyl halides is 3. The van der Waals surface area contributed by atoms with E-state index >= 15 is 0 Å². The van der Waals surface area contributed by atoms with Gasteiger partial charge in [0.15, 0.2) is 0 Å². The van der Waals surface area contributed by atoms with Gasteiger partial charge in [-0.25, -0.2) is 0 Å². The maximum Gasteiger partial charge on any atom is 0.418 e. The number of halogens is 6. The number of hydrogen-bond donors (Lipinski definition) is 0. The SMILES string of the molecule is CCN(c1c(Cl)cc(I)cc1Br)c1c([N+](=O)[O-])cc([N+](=O)[O-])cc1C(F)(F)F. The van der Waals surface area contributed by atoms with Crippen molar-refractivity contribution in [2.24, 2.45) is 0 Å². The first kappa shape index (κ1) is 22.6. The first-order chi connectivity index (χ1) is 12.9. The molecule has 0 radical (unpaired) electrons. The zero-order valence-electron chi connectivity index (χ0n) is 13.8. The molecule has 0 saturated heterocycles. The van der Waals surface area contributed by atoms with Crippen molar-refractivity contribution in [1.29, 1.82) is 0 Å². The van der Waals surface area contributed by atoms with Gasteiger partial charge >= 0.3 is 6.18 Å².